The number of nitrogens with one attached hydrogen (secondary N) is 1. The first-order valence-electron chi connectivity index (χ1n) is 7.09. The lowest BCUT2D eigenvalue weighted by molar-refractivity contribution is 0.475. The molecule has 0 spiro atoms. The molecule has 0 saturated heterocycles. The van der Waals surface area contributed by atoms with Gasteiger partial charge in [0.15, 0.2) is 0 Å². The van der Waals surface area contributed by atoms with Gasteiger partial charge in [0.1, 0.15) is 0 Å². The molecule has 1 unspecified atom stereocenters. The van der Waals surface area contributed by atoms with E-state index in [0.29, 0.717) is 27.0 Å². The summed E-state index contributed by atoms with van der Waals surface area (Å²) in [6.45, 7) is 0. The number of benzene rings is 1. The highest BCUT2D eigenvalue weighted by Gasteiger charge is 2.27. The van der Waals surface area contributed by atoms with Gasteiger partial charge >= 0.3 is 0 Å². The minimum atomic E-state index is 0.294. The molecule has 0 amide bonds. The number of rotatable bonds is 4. The number of hydrogen-bond acceptors (Lipinski definition) is 2. The third kappa shape index (κ3) is 3.50. The molecule has 1 aliphatic rings. The van der Waals surface area contributed by atoms with E-state index in [-0.39, 0.29) is 0 Å². The predicted molar refractivity (Wildman–Crippen MR) is 94.1 cm³/mol. The molecule has 1 aromatic heterocycles. The van der Waals surface area contributed by atoms with Crippen molar-refractivity contribution in [2.45, 2.75) is 31.7 Å². The molecule has 2 aromatic rings. The molecule has 0 aliphatic heterocycles. The molecule has 1 heterocycles. The van der Waals surface area contributed by atoms with E-state index < -0.39 is 0 Å². The van der Waals surface area contributed by atoms with Crippen molar-refractivity contribution in [1.29, 1.82) is 0 Å². The standard InChI is InChI=1S/C16H16Cl3NS/c17-11-8-13(19)14(9-12(11)18)20-16(10-4-1-2-5-10)15-6-3-7-21-15/h3,6-10,16,20H,1-2,4-5H2. The first-order chi connectivity index (χ1) is 10.1. The first-order valence-corrected chi connectivity index (χ1v) is 9.11. The van der Waals surface area contributed by atoms with Crippen LogP contribution in [0.5, 0.6) is 0 Å². The van der Waals surface area contributed by atoms with Gasteiger partial charge in [0.05, 0.1) is 26.8 Å². The first kappa shape index (κ1) is 15.5. The van der Waals surface area contributed by atoms with Crippen molar-refractivity contribution in [2.75, 3.05) is 5.32 Å². The van der Waals surface area contributed by atoms with Gasteiger partial charge in [0.25, 0.3) is 0 Å². The van der Waals surface area contributed by atoms with Gasteiger partial charge in [-0.05, 0) is 42.3 Å². The molecule has 1 fully saturated rings. The van der Waals surface area contributed by atoms with Gasteiger partial charge in [-0.2, -0.15) is 0 Å². The molecule has 21 heavy (non-hydrogen) atoms. The average Bonchev–Trinajstić information content (AvgIpc) is 3.14. The summed E-state index contributed by atoms with van der Waals surface area (Å²) in [6.07, 6.45) is 5.13. The van der Waals surface area contributed by atoms with Crippen molar-refractivity contribution in [3.63, 3.8) is 0 Å². The minimum absolute atomic E-state index is 0.294. The highest BCUT2D eigenvalue weighted by Crippen LogP contribution is 2.41. The van der Waals surface area contributed by atoms with Crippen molar-refractivity contribution in [1.82, 2.24) is 0 Å². The van der Waals surface area contributed by atoms with Gasteiger partial charge in [0.2, 0.25) is 0 Å². The maximum atomic E-state index is 6.31. The van der Waals surface area contributed by atoms with Gasteiger partial charge in [-0.25, -0.2) is 0 Å². The normalized spacial score (nSPS) is 17.1. The SMILES string of the molecule is Clc1cc(Cl)c(NC(c2cccs2)C2CCCC2)cc1Cl. The van der Waals surface area contributed by atoms with E-state index in [9.17, 15) is 0 Å². The number of halogens is 3. The Bertz CT molecular complexity index is 606. The molecule has 1 nitrogen and oxygen atoms in total. The van der Waals surface area contributed by atoms with Gasteiger partial charge in [-0.1, -0.05) is 53.7 Å². The molecular weight excluding hydrogens is 345 g/mol. The summed E-state index contributed by atoms with van der Waals surface area (Å²) in [5, 5.41) is 7.34. The van der Waals surface area contributed by atoms with Crippen LogP contribution in [0.15, 0.2) is 29.6 Å². The largest absolute Gasteiger partial charge is 0.376 e. The molecule has 0 bridgehead atoms. The summed E-state index contributed by atoms with van der Waals surface area (Å²) in [5.74, 6) is 0.647. The lowest BCUT2D eigenvalue weighted by Crippen LogP contribution is -2.18. The van der Waals surface area contributed by atoms with Crippen molar-refractivity contribution in [2.24, 2.45) is 5.92 Å². The zero-order valence-electron chi connectivity index (χ0n) is 11.4. The highest BCUT2D eigenvalue weighted by atomic mass is 35.5. The van der Waals surface area contributed by atoms with Gasteiger partial charge in [-0.3, -0.25) is 0 Å². The lowest BCUT2D eigenvalue weighted by atomic mass is 9.96. The summed E-state index contributed by atoms with van der Waals surface area (Å²) < 4.78 is 0. The highest BCUT2D eigenvalue weighted by molar-refractivity contribution is 7.10. The van der Waals surface area contributed by atoms with Crippen LogP contribution in [0.1, 0.15) is 36.6 Å². The van der Waals surface area contributed by atoms with Gasteiger partial charge in [0, 0.05) is 4.88 Å². The smallest absolute Gasteiger partial charge is 0.0653 e. The van der Waals surface area contributed by atoms with Crippen LogP contribution in [0, 0.1) is 5.92 Å². The Morgan fingerprint density at radius 1 is 1.05 bits per heavy atom. The summed E-state index contributed by atoms with van der Waals surface area (Å²) in [4.78, 5) is 1.35. The second-order valence-corrected chi connectivity index (χ2v) is 7.63. The second-order valence-electron chi connectivity index (χ2n) is 5.43. The molecule has 1 aromatic carbocycles. The Morgan fingerprint density at radius 3 is 2.43 bits per heavy atom. The molecule has 1 saturated carbocycles. The molecule has 5 heteroatoms. The zero-order valence-corrected chi connectivity index (χ0v) is 14.5. The van der Waals surface area contributed by atoms with E-state index in [1.165, 1.54) is 30.6 Å². The van der Waals surface area contributed by atoms with Crippen LogP contribution in [-0.2, 0) is 0 Å². The summed E-state index contributed by atoms with van der Waals surface area (Å²) >= 11 is 20.2. The average molecular weight is 361 g/mol. The Hall–Kier alpha value is -0.410. The lowest BCUT2D eigenvalue weighted by Gasteiger charge is -2.25. The van der Waals surface area contributed by atoms with Crippen LogP contribution in [0.25, 0.3) is 0 Å². The van der Waals surface area contributed by atoms with Crippen molar-refractivity contribution in [3.05, 3.63) is 49.6 Å². The van der Waals surface area contributed by atoms with Crippen LogP contribution < -0.4 is 5.32 Å². The predicted octanol–water partition coefficient (Wildman–Crippen LogP) is 7.05. The topological polar surface area (TPSA) is 12.0 Å². The zero-order chi connectivity index (χ0) is 14.8. The van der Waals surface area contributed by atoms with Crippen molar-refractivity contribution < 1.29 is 0 Å². The molecule has 3 rings (SSSR count). The molecule has 1 atom stereocenters. The van der Waals surface area contributed by atoms with E-state index in [0.717, 1.165) is 5.69 Å². The number of thiophene rings is 1. The van der Waals surface area contributed by atoms with Crippen molar-refractivity contribution >= 4 is 51.8 Å². The summed E-state index contributed by atoms with van der Waals surface area (Å²) in [6, 6.07) is 8.10. The third-order valence-corrected chi connectivity index (χ3v) is 6.03. The van der Waals surface area contributed by atoms with E-state index in [1.807, 2.05) is 6.07 Å². The Labute approximate surface area is 144 Å². The second kappa shape index (κ2) is 6.78. The van der Waals surface area contributed by atoms with Crippen LogP contribution in [-0.4, -0.2) is 0 Å². The quantitative estimate of drug-likeness (QED) is 0.576. The summed E-state index contributed by atoms with van der Waals surface area (Å²) in [7, 11) is 0. The van der Waals surface area contributed by atoms with E-state index in [4.69, 9.17) is 34.8 Å². The Balaban J connectivity index is 1.89. The maximum Gasteiger partial charge on any atom is 0.0653 e. The molecule has 1 aliphatic carbocycles. The molecule has 1 N–H and O–H groups in total. The minimum Gasteiger partial charge on any atom is -0.376 e. The summed E-state index contributed by atoms with van der Waals surface area (Å²) in [5.41, 5.74) is 0.858. The number of hydrogen-bond donors (Lipinski definition) is 1. The molecular formula is C16H16Cl3NS. The molecule has 0 radical (unpaired) electrons. The molecule has 112 valence electrons. The van der Waals surface area contributed by atoms with Crippen LogP contribution in [0.4, 0.5) is 5.69 Å². The van der Waals surface area contributed by atoms with Gasteiger partial charge < -0.3 is 5.32 Å². The number of anilines is 1. The van der Waals surface area contributed by atoms with Crippen LogP contribution in [0.2, 0.25) is 15.1 Å². The van der Waals surface area contributed by atoms with Crippen LogP contribution in [0.3, 0.4) is 0 Å². The van der Waals surface area contributed by atoms with E-state index >= 15 is 0 Å². The van der Waals surface area contributed by atoms with E-state index in [2.05, 4.69) is 22.8 Å². The maximum absolute atomic E-state index is 6.31. The fourth-order valence-electron chi connectivity index (χ4n) is 2.98. The third-order valence-electron chi connectivity index (χ3n) is 4.04. The van der Waals surface area contributed by atoms with Crippen LogP contribution >= 0.6 is 46.1 Å². The van der Waals surface area contributed by atoms with Gasteiger partial charge in [-0.15, -0.1) is 11.3 Å². The van der Waals surface area contributed by atoms with E-state index in [1.54, 1.807) is 17.4 Å². The monoisotopic (exact) mass is 359 g/mol. The Kier molecular flexibility index (Phi) is 5.00. The van der Waals surface area contributed by atoms with Crippen molar-refractivity contribution in [3.8, 4) is 0 Å². The Morgan fingerprint density at radius 2 is 1.76 bits per heavy atom. The fourth-order valence-corrected chi connectivity index (χ4v) is 4.45. The fraction of sp³-hybridized carbons (Fsp3) is 0.375.